The van der Waals surface area contributed by atoms with Gasteiger partial charge >= 0.3 is 0 Å². The lowest BCUT2D eigenvalue weighted by molar-refractivity contribution is -0.123. The van der Waals surface area contributed by atoms with E-state index < -0.39 is 12.1 Å². The first-order chi connectivity index (χ1) is 24.2. The van der Waals surface area contributed by atoms with E-state index in [1.807, 2.05) is 6.08 Å². The molecule has 0 saturated carbocycles. The molecule has 3 N–H and O–H groups in total. The molecule has 1 amide bonds. The number of hydrogen-bond acceptors (Lipinski definition) is 3. The lowest BCUT2D eigenvalue weighted by atomic mass is 10.0. The van der Waals surface area contributed by atoms with Gasteiger partial charge in [-0.3, -0.25) is 4.79 Å². The van der Waals surface area contributed by atoms with Gasteiger partial charge in [-0.2, -0.15) is 0 Å². The van der Waals surface area contributed by atoms with Crippen LogP contribution in [0.3, 0.4) is 0 Å². The highest BCUT2D eigenvalue weighted by atomic mass is 16.3. The van der Waals surface area contributed by atoms with Gasteiger partial charge in [-0.1, -0.05) is 212 Å². The van der Waals surface area contributed by atoms with Gasteiger partial charge in [0.15, 0.2) is 0 Å². The van der Waals surface area contributed by atoms with Crippen molar-refractivity contribution in [1.82, 2.24) is 5.32 Å². The highest BCUT2D eigenvalue weighted by molar-refractivity contribution is 5.76. The maximum Gasteiger partial charge on any atom is 0.220 e. The van der Waals surface area contributed by atoms with Gasteiger partial charge in [0.25, 0.3) is 0 Å². The van der Waals surface area contributed by atoms with Crippen molar-refractivity contribution in [3.05, 3.63) is 24.3 Å². The van der Waals surface area contributed by atoms with Crippen LogP contribution in [0.15, 0.2) is 24.3 Å². The van der Waals surface area contributed by atoms with Crippen LogP contribution >= 0.6 is 0 Å². The second kappa shape index (κ2) is 41.3. The summed E-state index contributed by atoms with van der Waals surface area (Å²) in [7, 11) is 0. The minimum atomic E-state index is -0.836. The molecule has 0 spiro atoms. The molecular formula is C45H87NO3. The van der Waals surface area contributed by atoms with Crippen LogP contribution in [-0.2, 0) is 4.79 Å². The molecule has 0 aromatic heterocycles. The quantitative estimate of drug-likeness (QED) is 0.0443. The number of nitrogens with one attached hydrogen (secondary N) is 1. The van der Waals surface area contributed by atoms with Gasteiger partial charge in [0.1, 0.15) is 0 Å². The van der Waals surface area contributed by atoms with Gasteiger partial charge in [0.2, 0.25) is 5.91 Å². The fourth-order valence-corrected chi connectivity index (χ4v) is 6.76. The molecule has 49 heavy (non-hydrogen) atoms. The minimum absolute atomic E-state index is 0.0635. The monoisotopic (exact) mass is 690 g/mol. The number of rotatable bonds is 40. The Hall–Kier alpha value is -1.13. The van der Waals surface area contributed by atoms with E-state index in [-0.39, 0.29) is 12.5 Å². The zero-order chi connectivity index (χ0) is 35.7. The topological polar surface area (TPSA) is 69.6 Å². The Bertz CT molecular complexity index is 705. The van der Waals surface area contributed by atoms with E-state index >= 15 is 0 Å². The van der Waals surface area contributed by atoms with Gasteiger partial charge in [-0.25, -0.2) is 0 Å². The molecule has 0 aliphatic heterocycles. The summed E-state index contributed by atoms with van der Waals surface area (Å²) in [5.41, 5.74) is 0. The van der Waals surface area contributed by atoms with Crippen LogP contribution in [0, 0.1) is 0 Å². The van der Waals surface area contributed by atoms with Crippen molar-refractivity contribution < 1.29 is 15.0 Å². The van der Waals surface area contributed by atoms with Crippen molar-refractivity contribution in [2.24, 2.45) is 0 Å². The number of hydrogen-bond donors (Lipinski definition) is 3. The van der Waals surface area contributed by atoms with Gasteiger partial charge in [0.05, 0.1) is 18.8 Å². The molecule has 4 nitrogen and oxygen atoms in total. The third-order valence-corrected chi connectivity index (χ3v) is 10.2. The molecule has 2 unspecified atom stereocenters. The number of amides is 1. The second-order valence-electron chi connectivity index (χ2n) is 15.1. The van der Waals surface area contributed by atoms with Crippen molar-refractivity contribution in [3.8, 4) is 0 Å². The van der Waals surface area contributed by atoms with Crippen molar-refractivity contribution in [1.29, 1.82) is 0 Å². The highest BCUT2D eigenvalue weighted by Crippen LogP contribution is 2.15. The first-order valence-electron chi connectivity index (χ1n) is 22.1. The molecule has 0 aliphatic rings. The summed E-state index contributed by atoms with van der Waals surface area (Å²) in [6.07, 6.45) is 52.8. The number of aliphatic hydroxyl groups excluding tert-OH is 2. The van der Waals surface area contributed by atoms with Crippen molar-refractivity contribution in [2.45, 2.75) is 251 Å². The average molecular weight is 690 g/mol. The van der Waals surface area contributed by atoms with Crippen LogP contribution in [0.5, 0.6) is 0 Å². The predicted molar refractivity (Wildman–Crippen MR) is 216 cm³/mol. The zero-order valence-corrected chi connectivity index (χ0v) is 33.2. The fourth-order valence-electron chi connectivity index (χ4n) is 6.76. The minimum Gasteiger partial charge on any atom is -0.394 e. The van der Waals surface area contributed by atoms with Crippen molar-refractivity contribution in [2.75, 3.05) is 6.61 Å². The largest absolute Gasteiger partial charge is 0.394 e. The molecule has 0 aromatic carbocycles. The predicted octanol–water partition coefficient (Wildman–Crippen LogP) is 13.6. The van der Waals surface area contributed by atoms with Gasteiger partial charge in [0, 0.05) is 6.42 Å². The van der Waals surface area contributed by atoms with Crippen LogP contribution in [0.1, 0.15) is 239 Å². The number of aliphatic hydroxyl groups is 2. The maximum absolute atomic E-state index is 12.4. The second-order valence-corrected chi connectivity index (χ2v) is 15.1. The number of carbonyl (C=O) groups excluding carboxylic acids is 1. The summed E-state index contributed by atoms with van der Waals surface area (Å²) >= 11 is 0. The third kappa shape index (κ3) is 37.9. The molecule has 290 valence electrons. The lowest BCUT2D eigenvalue weighted by Crippen LogP contribution is -2.45. The van der Waals surface area contributed by atoms with Crippen LogP contribution in [-0.4, -0.2) is 34.9 Å². The van der Waals surface area contributed by atoms with E-state index in [9.17, 15) is 15.0 Å². The standard InChI is InChI=1S/C45H87NO3/c1-3-5-7-9-11-13-15-17-19-20-21-22-23-24-25-26-27-29-31-33-35-37-39-41-45(49)46-43(42-47)44(48)40-38-36-34-32-30-28-18-16-14-12-10-8-6-4-2/h20-21,38,40,43-44,47-48H,3-19,22-37,39,41-42H2,1-2H3,(H,46,49)/b21-20-,40-38+. The van der Waals surface area contributed by atoms with Crippen molar-refractivity contribution in [3.63, 3.8) is 0 Å². The Balaban J connectivity index is 3.52. The van der Waals surface area contributed by atoms with E-state index in [0.717, 1.165) is 25.7 Å². The molecular weight excluding hydrogens is 602 g/mol. The third-order valence-electron chi connectivity index (χ3n) is 10.2. The average Bonchev–Trinajstić information content (AvgIpc) is 3.10. The van der Waals surface area contributed by atoms with Crippen LogP contribution < -0.4 is 5.32 Å². The summed E-state index contributed by atoms with van der Waals surface area (Å²) < 4.78 is 0. The number of carbonyl (C=O) groups is 1. The van der Waals surface area contributed by atoms with E-state index in [1.165, 1.54) is 193 Å². The van der Waals surface area contributed by atoms with Crippen LogP contribution in [0.2, 0.25) is 0 Å². The van der Waals surface area contributed by atoms with Crippen molar-refractivity contribution >= 4 is 5.91 Å². The lowest BCUT2D eigenvalue weighted by Gasteiger charge is -2.20. The molecule has 0 radical (unpaired) electrons. The maximum atomic E-state index is 12.4. The summed E-state index contributed by atoms with van der Waals surface area (Å²) in [4.78, 5) is 12.4. The van der Waals surface area contributed by atoms with Gasteiger partial charge in [-0.15, -0.1) is 0 Å². The molecule has 0 aliphatic carbocycles. The number of allylic oxidation sites excluding steroid dienone is 3. The van der Waals surface area contributed by atoms with E-state index in [4.69, 9.17) is 0 Å². The van der Waals surface area contributed by atoms with E-state index in [0.29, 0.717) is 6.42 Å². The Morgan fingerprint density at radius 1 is 0.469 bits per heavy atom. The Morgan fingerprint density at radius 3 is 1.12 bits per heavy atom. The summed E-state index contributed by atoms with van der Waals surface area (Å²) in [5.74, 6) is -0.0635. The summed E-state index contributed by atoms with van der Waals surface area (Å²) in [5, 5.41) is 23.0. The Morgan fingerprint density at radius 2 is 0.776 bits per heavy atom. The molecule has 0 bridgehead atoms. The smallest absolute Gasteiger partial charge is 0.220 e. The highest BCUT2D eigenvalue weighted by Gasteiger charge is 2.17. The Kier molecular flexibility index (Phi) is 40.3. The summed E-state index contributed by atoms with van der Waals surface area (Å²) in [6.45, 7) is 4.31. The molecule has 0 heterocycles. The molecule has 0 fully saturated rings. The van der Waals surface area contributed by atoms with E-state index in [1.54, 1.807) is 6.08 Å². The zero-order valence-electron chi connectivity index (χ0n) is 33.2. The molecule has 4 heteroatoms. The van der Waals surface area contributed by atoms with E-state index in [2.05, 4.69) is 31.3 Å². The molecule has 0 saturated heterocycles. The van der Waals surface area contributed by atoms with Gasteiger partial charge < -0.3 is 15.5 Å². The number of unbranched alkanes of at least 4 members (excludes halogenated alkanes) is 31. The van der Waals surface area contributed by atoms with Crippen LogP contribution in [0.25, 0.3) is 0 Å². The van der Waals surface area contributed by atoms with Gasteiger partial charge in [-0.05, 0) is 44.9 Å². The fraction of sp³-hybridized carbons (Fsp3) is 0.889. The van der Waals surface area contributed by atoms with Crippen LogP contribution in [0.4, 0.5) is 0 Å². The first kappa shape index (κ1) is 47.9. The summed E-state index contributed by atoms with van der Waals surface area (Å²) in [6, 6.07) is -0.619. The molecule has 2 atom stereocenters. The first-order valence-corrected chi connectivity index (χ1v) is 22.1. The SMILES string of the molecule is CCCCCCCCCC/C=C\CCCCCCCCCCCCCC(=O)NC(CO)C(O)/C=C/CCCCCCCCCCCCCC. The normalized spacial score (nSPS) is 13.1. The molecule has 0 aromatic rings. The Labute approximate surface area is 307 Å². The molecule has 0 rings (SSSR count).